The van der Waals surface area contributed by atoms with Gasteiger partial charge < -0.3 is 4.90 Å². The molecule has 0 atom stereocenters. The van der Waals surface area contributed by atoms with Crippen LogP contribution in [-0.4, -0.2) is 77.6 Å². The first-order valence-electron chi connectivity index (χ1n) is 11.0. The molecular weight excluding hydrogens is 510 g/mol. The first-order valence-corrected chi connectivity index (χ1v) is 13.3. The van der Waals surface area contributed by atoms with E-state index in [0.29, 0.717) is 54.5 Å². The zero-order valence-corrected chi connectivity index (χ0v) is 20.3. The Morgan fingerprint density at radius 2 is 1.86 bits per heavy atom. The Morgan fingerprint density at radius 1 is 1.14 bits per heavy atom. The highest BCUT2D eigenvalue weighted by Gasteiger charge is 2.41. The quantitative estimate of drug-likeness (QED) is 0.445. The van der Waals surface area contributed by atoms with E-state index in [1.807, 2.05) is 11.8 Å². The van der Waals surface area contributed by atoms with Crippen LogP contribution >= 0.6 is 11.3 Å². The third-order valence-electron chi connectivity index (χ3n) is 6.21. The molecule has 1 aliphatic carbocycles. The number of fused-ring (bicyclic) bond motifs is 1. The summed E-state index contributed by atoms with van der Waals surface area (Å²) in [6.45, 7) is 3.05. The smallest absolute Gasteiger partial charge is 0.291 e. The van der Waals surface area contributed by atoms with Gasteiger partial charge in [-0.3, -0.25) is 9.30 Å². The molecule has 1 aliphatic heterocycles. The number of hydrogen-bond donors (Lipinski definition) is 1. The van der Waals surface area contributed by atoms with Gasteiger partial charge in [0.25, 0.3) is 12.9 Å². The molecule has 1 N–H and O–H groups in total. The Kier molecular flexibility index (Phi) is 6.22. The van der Waals surface area contributed by atoms with Crippen LogP contribution < -0.4 is 9.62 Å². The van der Waals surface area contributed by atoms with Gasteiger partial charge in [0.2, 0.25) is 10.0 Å². The minimum atomic E-state index is -3.91. The van der Waals surface area contributed by atoms with E-state index < -0.39 is 33.4 Å². The molecule has 15 heteroatoms. The Hall–Kier alpha value is -2.36. The summed E-state index contributed by atoms with van der Waals surface area (Å²) in [6.07, 6.45) is -0.925. The maximum atomic E-state index is 13.2. The highest BCUT2D eigenvalue weighted by molar-refractivity contribution is 7.89. The number of nitrogens with one attached hydrogen (secondary N) is 1. The predicted octanol–water partition coefficient (Wildman–Crippen LogP) is 3.01. The molecule has 0 radical (unpaired) electrons. The average molecular weight is 534 g/mol. The highest BCUT2D eigenvalue weighted by atomic mass is 32.2. The molecule has 5 rings (SSSR count). The molecule has 1 saturated carbocycles. The van der Waals surface area contributed by atoms with Gasteiger partial charge >= 0.3 is 0 Å². The maximum absolute atomic E-state index is 13.2. The van der Waals surface area contributed by atoms with E-state index in [1.54, 1.807) is 4.90 Å². The van der Waals surface area contributed by atoms with Crippen molar-refractivity contribution in [2.24, 2.45) is 0 Å². The fourth-order valence-corrected chi connectivity index (χ4v) is 6.24. The van der Waals surface area contributed by atoms with Gasteiger partial charge in [-0.05, 0) is 25.8 Å². The van der Waals surface area contributed by atoms with E-state index in [2.05, 4.69) is 19.9 Å². The molecule has 2 fully saturated rings. The summed E-state index contributed by atoms with van der Waals surface area (Å²) >= 11 is 0.705. The minimum absolute atomic E-state index is 0.0130. The van der Waals surface area contributed by atoms with Crippen molar-refractivity contribution in [2.75, 3.05) is 37.6 Å². The number of imidazole rings is 1. The molecule has 1 saturated heterocycles. The largest absolute Gasteiger partial charge is 0.366 e. The van der Waals surface area contributed by atoms with Crippen LogP contribution in [0.15, 0.2) is 23.4 Å². The van der Waals surface area contributed by atoms with Gasteiger partial charge in [0, 0.05) is 37.9 Å². The molecule has 3 aromatic heterocycles. The lowest BCUT2D eigenvalue weighted by Crippen LogP contribution is -2.48. The van der Waals surface area contributed by atoms with Crippen LogP contribution in [-0.2, 0) is 10.0 Å². The lowest BCUT2D eigenvalue weighted by Gasteiger charge is -2.36. The van der Waals surface area contributed by atoms with Crippen molar-refractivity contribution in [1.82, 2.24) is 29.2 Å². The van der Waals surface area contributed by atoms with Gasteiger partial charge in [-0.2, -0.15) is 0 Å². The van der Waals surface area contributed by atoms with Crippen LogP contribution in [0, 0.1) is 0 Å². The summed E-state index contributed by atoms with van der Waals surface area (Å²) in [4.78, 5) is 7.96. The normalized spacial score (nSPS) is 18.8. The number of alkyl halides is 4. The molecule has 35 heavy (non-hydrogen) atoms. The molecule has 4 heterocycles. The summed E-state index contributed by atoms with van der Waals surface area (Å²) in [7, 11) is -3.91. The van der Waals surface area contributed by atoms with E-state index in [4.69, 9.17) is 0 Å². The second-order valence-electron chi connectivity index (χ2n) is 8.99. The van der Waals surface area contributed by atoms with Crippen molar-refractivity contribution >= 4 is 32.7 Å². The maximum Gasteiger partial charge on any atom is 0.291 e. The topological polar surface area (TPSA) is 95.7 Å². The zero-order valence-electron chi connectivity index (χ0n) is 18.7. The second-order valence-corrected chi connectivity index (χ2v) is 11.7. The van der Waals surface area contributed by atoms with Gasteiger partial charge in [0.15, 0.2) is 15.7 Å². The van der Waals surface area contributed by atoms with E-state index in [1.165, 1.54) is 22.9 Å². The summed E-state index contributed by atoms with van der Waals surface area (Å²) in [5.74, 6) is 0. The van der Waals surface area contributed by atoms with Crippen molar-refractivity contribution in [3.63, 3.8) is 0 Å². The van der Waals surface area contributed by atoms with Gasteiger partial charge in [0.1, 0.15) is 10.6 Å². The number of halogens is 4. The van der Waals surface area contributed by atoms with Crippen molar-refractivity contribution in [3.8, 4) is 10.7 Å². The monoisotopic (exact) mass is 533 g/mol. The van der Waals surface area contributed by atoms with Crippen LogP contribution in [0.25, 0.3) is 16.3 Å². The number of piperazine rings is 1. The van der Waals surface area contributed by atoms with Crippen molar-refractivity contribution in [3.05, 3.63) is 23.5 Å². The van der Waals surface area contributed by atoms with Crippen LogP contribution in [0.3, 0.4) is 0 Å². The zero-order chi connectivity index (χ0) is 25.0. The van der Waals surface area contributed by atoms with Crippen LogP contribution in [0.5, 0.6) is 0 Å². The number of rotatable bonds is 8. The molecule has 0 aromatic carbocycles. The number of sulfonamides is 1. The molecule has 0 spiro atoms. The standard InChI is InChI=1S/C20H23F4N7O2S2/c1-20(2-3-20)28-35(32,33)12-8-13(30-6-4-29(5-7-30)11-15(21)22)17-25-9-14(31(17)10-12)18-26-27-19(34-18)16(23)24/h8-10,15-16,28H,2-7,11H2,1H3. The number of hydrogen-bond acceptors (Lipinski definition) is 8. The molecular formula is C20H23F4N7O2S2. The lowest BCUT2D eigenvalue weighted by molar-refractivity contribution is 0.0854. The fraction of sp³-hybridized carbons (Fsp3) is 0.550. The number of anilines is 1. The molecule has 190 valence electrons. The van der Waals surface area contributed by atoms with E-state index >= 15 is 0 Å². The Balaban J connectivity index is 1.57. The predicted molar refractivity (Wildman–Crippen MR) is 122 cm³/mol. The van der Waals surface area contributed by atoms with Crippen molar-refractivity contribution in [2.45, 2.75) is 43.1 Å². The van der Waals surface area contributed by atoms with Gasteiger partial charge in [-0.15, -0.1) is 10.2 Å². The Labute approximate surface area is 202 Å². The first-order chi connectivity index (χ1) is 16.5. The minimum Gasteiger partial charge on any atom is -0.366 e. The molecule has 3 aromatic rings. The summed E-state index contributed by atoms with van der Waals surface area (Å²) in [6, 6.07) is 1.52. The van der Waals surface area contributed by atoms with Gasteiger partial charge in [0.05, 0.1) is 18.4 Å². The van der Waals surface area contributed by atoms with Crippen LogP contribution in [0.4, 0.5) is 23.2 Å². The first kappa shape index (κ1) is 24.3. The molecule has 0 bridgehead atoms. The molecule has 0 unspecified atom stereocenters. The van der Waals surface area contributed by atoms with Crippen LogP contribution in [0.2, 0.25) is 0 Å². The van der Waals surface area contributed by atoms with E-state index in [-0.39, 0.29) is 16.4 Å². The highest BCUT2D eigenvalue weighted by Crippen LogP contribution is 2.37. The van der Waals surface area contributed by atoms with Crippen molar-refractivity contribution < 1.29 is 26.0 Å². The molecule has 2 aliphatic rings. The van der Waals surface area contributed by atoms with Crippen LogP contribution in [0.1, 0.15) is 31.2 Å². The third kappa shape index (κ3) is 4.99. The van der Waals surface area contributed by atoms with Gasteiger partial charge in [-0.1, -0.05) is 11.3 Å². The van der Waals surface area contributed by atoms with Crippen molar-refractivity contribution in [1.29, 1.82) is 0 Å². The lowest BCUT2D eigenvalue weighted by atomic mass is 10.2. The fourth-order valence-electron chi connectivity index (χ4n) is 4.05. The van der Waals surface area contributed by atoms with E-state index in [9.17, 15) is 26.0 Å². The number of nitrogens with zero attached hydrogens (tertiary/aromatic N) is 6. The SMILES string of the molecule is CC1(NS(=O)(=O)c2cc(N3CCN(CC(F)F)CC3)c3ncc(-c4nnc(C(F)F)s4)n3c2)CC1. The number of pyridine rings is 1. The Morgan fingerprint density at radius 3 is 2.46 bits per heavy atom. The number of aromatic nitrogens is 4. The van der Waals surface area contributed by atoms with Gasteiger partial charge in [-0.25, -0.2) is 35.7 Å². The summed E-state index contributed by atoms with van der Waals surface area (Å²) in [5, 5.41) is 7.09. The summed E-state index contributed by atoms with van der Waals surface area (Å²) < 4.78 is 82.4. The van der Waals surface area contributed by atoms with E-state index in [0.717, 1.165) is 12.8 Å². The third-order valence-corrected chi connectivity index (χ3v) is 8.77. The molecule has 9 nitrogen and oxygen atoms in total. The summed E-state index contributed by atoms with van der Waals surface area (Å²) in [5.41, 5.74) is 0.748. The average Bonchev–Trinajstić information content (AvgIpc) is 3.17. The molecule has 0 amide bonds. The second kappa shape index (κ2) is 8.94. The Bertz CT molecular complexity index is 1330.